The molecule has 0 atom stereocenters. The van der Waals surface area contributed by atoms with Crippen molar-refractivity contribution in [2.75, 3.05) is 0 Å². The number of rotatable bonds is 6. The normalized spacial score (nSPS) is 12.3. The zero-order valence-electron chi connectivity index (χ0n) is 24.4. The summed E-state index contributed by atoms with van der Waals surface area (Å²) in [6.45, 7) is 26.3. The molecule has 0 amide bonds. The van der Waals surface area contributed by atoms with Crippen LogP contribution in [0, 0.1) is 0 Å². The molecule has 0 unspecified atom stereocenters. The first kappa shape index (κ1) is 27.8. The van der Waals surface area contributed by atoms with E-state index in [1.54, 1.807) is 0 Å². The molecule has 0 bridgehead atoms. The predicted molar refractivity (Wildman–Crippen MR) is 151 cm³/mol. The standard InChI is InChI=1S/2C15H23N3/c1-9(2)12-7-8-13-16-14(10(3)4)15(11(5)6)18(13)17-12;1-8(2)11-7-16-15-14(17-11)12(9(3)4)13(18-15)10(5)6/h7-11H,1-6H3;7-10H,1-6H3,(H,16,18). The third kappa shape index (κ3) is 5.63. The lowest BCUT2D eigenvalue weighted by molar-refractivity contribution is 0.693. The predicted octanol–water partition coefficient (Wildman–Crippen LogP) is 8.43. The number of hydrogen-bond donors (Lipinski definition) is 1. The van der Waals surface area contributed by atoms with Gasteiger partial charge in [-0.2, -0.15) is 5.10 Å². The maximum atomic E-state index is 4.81. The van der Waals surface area contributed by atoms with E-state index >= 15 is 0 Å². The van der Waals surface area contributed by atoms with Crippen LogP contribution in [0.5, 0.6) is 0 Å². The first-order valence-corrected chi connectivity index (χ1v) is 13.6. The van der Waals surface area contributed by atoms with Gasteiger partial charge in [0.15, 0.2) is 11.3 Å². The average Bonchev–Trinajstić information content (AvgIpc) is 3.37. The van der Waals surface area contributed by atoms with Gasteiger partial charge in [-0.25, -0.2) is 19.5 Å². The van der Waals surface area contributed by atoms with Gasteiger partial charge in [0.05, 0.1) is 29.0 Å². The number of H-pyrrole nitrogens is 1. The van der Waals surface area contributed by atoms with Gasteiger partial charge in [-0.1, -0.05) is 83.1 Å². The van der Waals surface area contributed by atoms with Gasteiger partial charge >= 0.3 is 0 Å². The van der Waals surface area contributed by atoms with E-state index in [1.807, 2.05) is 10.7 Å². The van der Waals surface area contributed by atoms with Crippen molar-refractivity contribution in [3.63, 3.8) is 0 Å². The molecule has 0 aliphatic carbocycles. The van der Waals surface area contributed by atoms with Crippen LogP contribution in [0.4, 0.5) is 0 Å². The molecular weight excluding hydrogens is 444 g/mol. The Hall–Kier alpha value is -2.76. The highest BCUT2D eigenvalue weighted by molar-refractivity contribution is 5.78. The number of fused-ring (bicyclic) bond motifs is 2. The van der Waals surface area contributed by atoms with Crippen LogP contribution in [0.15, 0.2) is 18.3 Å². The van der Waals surface area contributed by atoms with Crippen LogP contribution in [0.1, 0.15) is 153 Å². The number of hydrogen-bond acceptors (Lipinski definition) is 4. The zero-order valence-corrected chi connectivity index (χ0v) is 24.4. The Morgan fingerprint density at radius 3 is 1.81 bits per heavy atom. The highest BCUT2D eigenvalue weighted by Crippen LogP contribution is 2.32. The summed E-state index contributed by atoms with van der Waals surface area (Å²) < 4.78 is 2.04. The molecule has 0 spiro atoms. The second-order valence-corrected chi connectivity index (χ2v) is 11.8. The highest BCUT2D eigenvalue weighted by Gasteiger charge is 2.20. The van der Waals surface area contributed by atoms with Gasteiger partial charge in [0.25, 0.3) is 0 Å². The Kier molecular flexibility index (Phi) is 8.58. The van der Waals surface area contributed by atoms with Crippen LogP contribution in [-0.4, -0.2) is 29.5 Å². The number of nitrogens with zero attached hydrogens (tertiary/aromatic N) is 5. The number of aromatic amines is 1. The Morgan fingerprint density at radius 2 is 1.31 bits per heavy atom. The topological polar surface area (TPSA) is 71.8 Å². The first-order chi connectivity index (χ1) is 16.8. The Balaban J connectivity index is 0.000000201. The fourth-order valence-corrected chi connectivity index (χ4v) is 4.58. The molecule has 4 aromatic rings. The largest absolute Gasteiger partial charge is 0.341 e. The minimum absolute atomic E-state index is 0.416. The van der Waals surface area contributed by atoms with Crippen molar-refractivity contribution in [3.05, 3.63) is 52.4 Å². The Bertz CT molecular complexity index is 1200. The second-order valence-electron chi connectivity index (χ2n) is 11.8. The summed E-state index contributed by atoms with van der Waals surface area (Å²) in [6.07, 6.45) is 1.89. The van der Waals surface area contributed by atoms with Gasteiger partial charge in [-0.05, 0) is 47.6 Å². The average molecular weight is 491 g/mol. The Labute approximate surface area is 217 Å². The summed E-state index contributed by atoms with van der Waals surface area (Å²) in [5.74, 6) is 2.67. The van der Waals surface area contributed by atoms with E-state index in [2.05, 4.69) is 105 Å². The number of imidazole rings is 1. The van der Waals surface area contributed by atoms with Gasteiger partial charge in [0.2, 0.25) is 0 Å². The third-order valence-electron chi connectivity index (χ3n) is 6.58. The maximum absolute atomic E-state index is 4.81. The van der Waals surface area contributed by atoms with E-state index in [-0.39, 0.29) is 0 Å². The summed E-state index contributed by atoms with van der Waals surface area (Å²) in [7, 11) is 0. The molecule has 0 aliphatic rings. The van der Waals surface area contributed by atoms with Crippen LogP contribution in [0.2, 0.25) is 0 Å². The molecule has 196 valence electrons. The Morgan fingerprint density at radius 1 is 0.667 bits per heavy atom. The summed E-state index contributed by atoms with van der Waals surface area (Å²) >= 11 is 0. The molecule has 0 fully saturated rings. The molecule has 36 heavy (non-hydrogen) atoms. The van der Waals surface area contributed by atoms with Crippen LogP contribution in [0.25, 0.3) is 16.8 Å². The lowest BCUT2D eigenvalue weighted by atomic mass is 9.97. The minimum atomic E-state index is 0.416. The summed E-state index contributed by atoms with van der Waals surface area (Å²) in [4.78, 5) is 17.5. The molecule has 0 radical (unpaired) electrons. The molecular formula is C30H46N6. The van der Waals surface area contributed by atoms with Crippen molar-refractivity contribution in [1.82, 2.24) is 29.5 Å². The lowest BCUT2D eigenvalue weighted by Gasteiger charge is -2.11. The quantitative estimate of drug-likeness (QED) is 0.294. The lowest BCUT2D eigenvalue weighted by Crippen LogP contribution is -2.05. The smallest absolute Gasteiger partial charge is 0.156 e. The monoisotopic (exact) mass is 490 g/mol. The molecule has 0 saturated heterocycles. The van der Waals surface area contributed by atoms with Crippen molar-refractivity contribution in [1.29, 1.82) is 0 Å². The number of aromatic nitrogens is 6. The van der Waals surface area contributed by atoms with Gasteiger partial charge in [-0.3, -0.25) is 0 Å². The van der Waals surface area contributed by atoms with E-state index in [0.717, 1.165) is 28.2 Å². The second kappa shape index (κ2) is 11.1. The van der Waals surface area contributed by atoms with Crippen LogP contribution < -0.4 is 0 Å². The summed E-state index contributed by atoms with van der Waals surface area (Å²) in [5, 5.41) is 4.75. The fraction of sp³-hybridized carbons (Fsp3) is 0.600. The SMILES string of the molecule is CC(C)c1ccc2nc(C(C)C)c(C(C)C)n2n1.CC(C)c1cnc2[nH]c(C(C)C)c(C(C)C)c2n1. The van der Waals surface area contributed by atoms with Gasteiger partial charge in [-0.15, -0.1) is 0 Å². The van der Waals surface area contributed by atoms with Crippen molar-refractivity contribution in [2.24, 2.45) is 0 Å². The highest BCUT2D eigenvalue weighted by atomic mass is 15.3. The van der Waals surface area contributed by atoms with Crippen molar-refractivity contribution >= 4 is 16.8 Å². The zero-order chi connectivity index (χ0) is 26.9. The van der Waals surface area contributed by atoms with E-state index in [0.29, 0.717) is 35.5 Å². The molecule has 4 aromatic heterocycles. The number of nitrogens with one attached hydrogen (secondary N) is 1. The fourth-order valence-electron chi connectivity index (χ4n) is 4.58. The summed E-state index contributed by atoms with van der Waals surface area (Å²) in [6, 6.07) is 4.17. The van der Waals surface area contributed by atoms with E-state index < -0.39 is 0 Å². The molecule has 0 saturated carbocycles. The van der Waals surface area contributed by atoms with Crippen LogP contribution in [-0.2, 0) is 0 Å². The molecule has 4 rings (SSSR count). The van der Waals surface area contributed by atoms with E-state index in [9.17, 15) is 0 Å². The van der Waals surface area contributed by atoms with Gasteiger partial charge in [0.1, 0.15) is 5.52 Å². The maximum Gasteiger partial charge on any atom is 0.156 e. The molecule has 6 nitrogen and oxygen atoms in total. The van der Waals surface area contributed by atoms with E-state index in [1.165, 1.54) is 22.6 Å². The van der Waals surface area contributed by atoms with Gasteiger partial charge < -0.3 is 4.98 Å². The van der Waals surface area contributed by atoms with Gasteiger partial charge in [0, 0.05) is 11.3 Å². The van der Waals surface area contributed by atoms with Crippen molar-refractivity contribution < 1.29 is 0 Å². The molecule has 6 heteroatoms. The molecule has 0 aliphatic heterocycles. The molecule has 1 N–H and O–H groups in total. The molecule has 4 heterocycles. The summed E-state index contributed by atoms with van der Waals surface area (Å²) in [5.41, 5.74) is 10.2. The van der Waals surface area contributed by atoms with Crippen molar-refractivity contribution in [3.8, 4) is 0 Å². The first-order valence-electron chi connectivity index (χ1n) is 13.6. The third-order valence-corrected chi connectivity index (χ3v) is 6.58. The van der Waals surface area contributed by atoms with Crippen LogP contribution in [0.3, 0.4) is 0 Å². The van der Waals surface area contributed by atoms with Crippen molar-refractivity contribution in [2.45, 2.75) is 119 Å². The molecule has 0 aromatic carbocycles. The van der Waals surface area contributed by atoms with Crippen LogP contribution >= 0.6 is 0 Å². The van der Waals surface area contributed by atoms with E-state index in [4.69, 9.17) is 15.1 Å². The minimum Gasteiger partial charge on any atom is -0.341 e.